The lowest BCUT2D eigenvalue weighted by molar-refractivity contribution is -0.122. The Hall–Kier alpha value is -1.26. The number of benzene rings is 1. The average Bonchev–Trinajstić information content (AvgIpc) is 2.25. The molecule has 1 atom stereocenters. The zero-order valence-corrected chi connectivity index (χ0v) is 10.00. The summed E-state index contributed by atoms with van der Waals surface area (Å²) in [7, 11) is 0. The van der Waals surface area contributed by atoms with Crippen LogP contribution in [0.4, 0.5) is 0 Å². The lowest BCUT2D eigenvalue weighted by atomic mass is 10.3. The van der Waals surface area contributed by atoms with E-state index in [9.17, 15) is 4.79 Å². The van der Waals surface area contributed by atoms with Gasteiger partial charge in [-0.1, -0.05) is 18.2 Å². The van der Waals surface area contributed by atoms with Gasteiger partial charge in [-0.25, -0.2) is 0 Å². The minimum atomic E-state index is -0.471. The first-order valence-electron chi connectivity index (χ1n) is 4.91. The largest absolute Gasteiger partial charge is 0.492 e. The van der Waals surface area contributed by atoms with Gasteiger partial charge in [0, 0.05) is 0 Å². The Morgan fingerprint density at radius 1 is 1.44 bits per heavy atom. The van der Waals surface area contributed by atoms with Gasteiger partial charge in [0.05, 0.1) is 12.6 Å². The van der Waals surface area contributed by atoms with Crippen LogP contribution in [0, 0.1) is 0 Å². The molecular weight excluding hydrogens is 228 g/mol. The van der Waals surface area contributed by atoms with Crippen LogP contribution in [0.25, 0.3) is 0 Å². The molecule has 90 valence electrons. The number of ether oxygens (including phenoxy) is 1. The first-order valence-corrected chi connectivity index (χ1v) is 4.91. The van der Waals surface area contributed by atoms with E-state index in [4.69, 9.17) is 10.5 Å². The van der Waals surface area contributed by atoms with E-state index >= 15 is 0 Å². The van der Waals surface area contributed by atoms with Crippen molar-refractivity contribution in [2.24, 2.45) is 5.73 Å². The van der Waals surface area contributed by atoms with Crippen LogP contribution >= 0.6 is 12.4 Å². The second kappa shape index (κ2) is 7.96. The van der Waals surface area contributed by atoms with Gasteiger partial charge < -0.3 is 15.8 Å². The van der Waals surface area contributed by atoms with Gasteiger partial charge in [0.15, 0.2) is 0 Å². The molecule has 1 aromatic carbocycles. The molecule has 0 heterocycles. The van der Waals surface area contributed by atoms with Gasteiger partial charge in [0.25, 0.3) is 0 Å². The lowest BCUT2D eigenvalue weighted by Gasteiger charge is -2.08. The summed E-state index contributed by atoms with van der Waals surface area (Å²) in [6.45, 7) is 2.56. The monoisotopic (exact) mass is 244 g/mol. The molecule has 1 rings (SSSR count). The number of amides is 1. The van der Waals surface area contributed by atoms with Crippen molar-refractivity contribution in [1.29, 1.82) is 0 Å². The molecule has 0 spiro atoms. The molecule has 0 radical (unpaired) electrons. The minimum Gasteiger partial charge on any atom is -0.492 e. The minimum absolute atomic E-state index is 0. The third kappa shape index (κ3) is 5.58. The standard InChI is InChI=1S/C11H16N2O2.ClH/c1-9(12)11(14)13-7-8-15-10-5-3-2-4-6-10;/h2-6,9H,7-8,12H2,1H3,(H,13,14);1H/t9-;/m0./s1. The Morgan fingerprint density at radius 3 is 2.62 bits per heavy atom. The molecule has 0 aliphatic rings. The Bertz CT molecular complexity index is 304. The van der Waals surface area contributed by atoms with Crippen molar-refractivity contribution in [1.82, 2.24) is 5.32 Å². The van der Waals surface area contributed by atoms with E-state index in [0.29, 0.717) is 13.2 Å². The van der Waals surface area contributed by atoms with E-state index in [2.05, 4.69) is 5.32 Å². The van der Waals surface area contributed by atoms with E-state index in [0.717, 1.165) is 5.75 Å². The number of halogens is 1. The zero-order chi connectivity index (χ0) is 11.1. The topological polar surface area (TPSA) is 64.4 Å². The van der Waals surface area contributed by atoms with Gasteiger partial charge >= 0.3 is 0 Å². The van der Waals surface area contributed by atoms with Gasteiger partial charge in [-0.2, -0.15) is 0 Å². The lowest BCUT2D eigenvalue weighted by Crippen LogP contribution is -2.40. The van der Waals surface area contributed by atoms with E-state index in [1.807, 2.05) is 30.3 Å². The van der Waals surface area contributed by atoms with Gasteiger partial charge in [-0.05, 0) is 19.1 Å². The molecule has 1 amide bonds. The van der Waals surface area contributed by atoms with Crippen molar-refractivity contribution in [3.05, 3.63) is 30.3 Å². The van der Waals surface area contributed by atoms with Crippen LogP contribution in [0.2, 0.25) is 0 Å². The molecule has 3 N–H and O–H groups in total. The third-order valence-electron chi connectivity index (χ3n) is 1.83. The van der Waals surface area contributed by atoms with Gasteiger partial charge in [0.1, 0.15) is 12.4 Å². The molecular formula is C11H17ClN2O2. The molecule has 0 bridgehead atoms. The number of para-hydroxylation sites is 1. The molecule has 16 heavy (non-hydrogen) atoms. The predicted octanol–water partition coefficient (Wildman–Crippen LogP) is 0.951. The quantitative estimate of drug-likeness (QED) is 0.758. The fraction of sp³-hybridized carbons (Fsp3) is 0.364. The van der Waals surface area contributed by atoms with Gasteiger partial charge in [-0.3, -0.25) is 4.79 Å². The van der Waals surface area contributed by atoms with E-state index in [1.54, 1.807) is 6.92 Å². The molecule has 0 unspecified atom stereocenters. The second-order valence-corrected chi connectivity index (χ2v) is 3.24. The van der Waals surface area contributed by atoms with Crippen molar-refractivity contribution < 1.29 is 9.53 Å². The highest BCUT2D eigenvalue weighted by Crippen LogP contribution is 2.07. The van der Waals surface area contributed by atoms with Crippen LogP contribution in [-0.2, 0) is 4.79 Å². The molecule has 5 heteroatoms. The van der Waals surface area contributed by atoms with Gasteiger partial charge in [0.2, 0.25) is 5.91 Å². The van der Waals surface area contributed by atoms with Crippen LogP contribution in [-0.4, -0.2) is 25.1 Å². The predicted molar refractivity (Wildman–Crippen MR) is 65.8 cm³/mol. The number of hydrogen-bond donors (Lipinski definition) is 2. The van der Waals surface area contributed by atoms with Crippen LogP contribution in [0.1, 0.15) is 6.92 Å². The molecule has 1 aromatic rings. The van der Waals surface area contributed by atoms with Crippen molar-refractivity contribution in [2.75, 3.05) is 13.2 Å². The average molecular weight is 245 g/mol. The SMILES string of the molecule is C[C@H](N)C(=O)NCCOc1ccccc1.Cl. The number of nitrogens with one attached hydrogen (secondary N) is 1. The van der Waals surface area contributed by atoms with Crippen LogP contribution in [0.5, 0.6) is 5.75 Å². The van der Waals surface area contributed by atoms with E-state index in [1.165, 1.54) is 0 Å². The maximum atomic E-state index is 11.1. The number of rotatable bonds is 5. The third-order valence-corrected chi connectivity index (χ3v) is 1.83. The first-order chi connectivity index (χ1) is 7.20. The van der Waals surface area contributed by atoms with Crippen LogP contribution in [0.3, 0.4) is 0 Å². The van der Waals surface area contributed by atoms with Gasteiger partial charge in [-0.15, -0.1) is 12.4 Å². The molecule has 0 saturated heterocycles. The summed E-state index contributed by atoms with van der Waals surface area (Å²) in [4.78, 5) is 11.1. The number of carbonyl (C=O) groups excluding carboxylic acids is 1. The van der Waals surface area contributed by atoms with Crippen LogP contribution < -0.4 is 15.8 Å². The smallest absolute Gasteiger partial charge is 0.236 e. The summed E-state index contributed by atoms with van der Waals surface area (Å²) in [5.41, 5.74) is 5.38. The summed E-state index contributed by atoms with van der Waals surface area (Å²) in [6, 6.07) is 8.98. The highest BCUT2D eigenvalue weighted by atomic mass is 35.5. The molecule has 0 aliphatic heterocycles. The Kier molecular flexibility index (Phi) is 7.33. The van der Waals surface area contributed by atoms with E-state index < -0.39 is 6.04 Å². The van der Waals surface area contributed by atoms with Crippen molar-refractivity contribution >= 4 is 18.3 Å². The summed E-state index contributed by atoms with van der Waals surface area (Å²) in [5.74, 6) is 0.638. The summed E-state index contributed by atoms with van der Waals surface area (Å²) >= 11 is 0. The Morgan fingerprint density at radius 2 is 2.06 bits per heavy atom. The molecule has 0 aromatic heterocycles. The summed E-state index contributed by atoms with van der Waals surface area (Å²) in [5, 5.41) is 2.66. The number of carbonyl (C=O) groups is 1. The molecule has 0 saturated carbocycles. The van der Waals surface area contributed by atoms with Crippen molar-refractivity contribution in [2.45, 2.75) is 13.0 Å². The summed E-state index contributed by atoms with van der Waals surface area (Å²) < 4.78 is 5.38. The highest BCUT2D eigenvalue weighted by Gasteiger charge is 2.04. The Balaban J connectivity index is 0.00000225. The van der Waals surface area contributed by atoms with Crippen molar-refractivity contribution in [3.8, 4) is 5.75 Å². The first kappa shape index (κ1) is 14.7. The summed E-state index contributed by atoms with van der Waals surface area (Å²) in [6.07, 6.45) is 0. The van der Waals surface area contributed by atoms with E-state index in [-0.39, 0.29) is 18.3 Å². The fourth-order valence-corrected chi connectivity index (χ4v) is 1.02. The molecule has 0 aliphatic carbocycles. The number of nitrogens with two attached hydrogens (primary N) is 1. The fourth-order valence-electron chi connectivity index (χ4n) is 1.02. The maximum Gasteiger partial charge on any atom is 0.236 e. The highest BCUT2D eigenvalue weighted by molar-refractivity contribution is 5.85. The Labute approximate surface area is 102 Å². The molecule has 0 fully saturated rings. The van der Waals surface area contributed by atoms with Crippen LogP contribution in [0.15, 0.2) is 30.3 Å². The zero-order valence-electron chi connectivity index (χ0n) is 9.18. The number of hydrogen-bond acceptors (Lipinski definition) is 3. The second-order valence-electron chi connectivity index (χ2n) is 3.24. The molecule has 4 nitrogen and oxygen atoms in total. The van der Waals surface area contributed by atoms with Crippen molar-refractivity contribution in [3.63, 3.8) is 0 Å². The maximum absolute atomic E-state index is 11.1. The normalized spacial score (nSPS) is 11.1.